The molecule has 0 amide bonds. The summed E-state index contributed by atoms with van der Waals surface area (Å²) in [4.78, 5) is 0. The van der Waals surface area contributed by atoms with E-state index in [0.717, 1.165) is 29.6 Å². The highest BCUT2D eigenvalue weighted by Gasteiger charge is 2.19. The minimum atomic E-state index is -0.781. The Morgan fingerprint density at radius 3 is 2.95 bits per heavy atom. The standard InChI is InChI=1S/C16H18N2O2/c1-3-8-18-13(6-7-17-18)16(19)15-10-12-9-11(2)4-5-14(12)20-15/h4-7,9-10,16,19H,3,8H2,1-2H3. The first-order valence-corrected chi connectivity index (χ1v) is 6.89. The molecule has 3 aromatic rings. The predicted molar refractivity (Wildman–Crippen MR) is 77.5 cm³/mol. The Morgan fingerprint density at radius 1 is 1.30 bits per heavy atom. The molecule has 2 aromatic heterocycles. The highest BCUT2D eigenvalue weighted by molar-refractivity contribution is 5.78. The van der Waals surface area contributed by atoms with Gasteiger partial charge in [-0.15, -0.1) is 0 Å². The van der Waals surface area contributed by atoms with Crippen LogP contribution in [0.1, 0.15) is 36.5 Å². The van der Waals surface area contributed by atoms with E-state index >= 15 is 0 Å². The van der Waals surface area contributed by atoms with Crippen LogP contribution in [0.4, 0.5) is 0 Å². The fraction of sp³-hybridized carbons (Fsp3) is 0.312. The Balaban J connectivity index is 1.99. The van der Waals surface area contributed by atoms with Gasteiger partial charge in [0.05, 0.1) is 5.69 Å². The molecule has 20 heavy (non-hydrogen) atoms. The van der Waals surface area contributed by atoms with Gasteiger partial charge in [0.2, 0.25) is 0 Å². The van der Waals surface area contributed by atoms with E-state index in [-0.39, 0.29) is 0 Å². The first kappa shape index (κ1) is 12.9. The molecule has 1 unspecified atom stereocenters. The van der Waals surface area contributed by atoms with Crippen molar-refractivity contribution >= 4 is 11.0 Å². The van der Waals surface area contributed by atoms with Crippen LogP contribution in [-0.2, 0) is 6.54 Å². The van der Waals surface area contributed by atoms with Gasteiger partial charge >= 0.3 is 0 Å². The number of aromatic nitrogens is 2. The van der Waals surface area contributed by atoms with Crippen molar-refractivity contribution < 1.29 is 9.52 Å². The topological polar surface area (TPSA) is 51.2 Å². The van der Waals surface area contributed by atoms with Gasteiger partial charge in [0.1, 0.15) is 11.3 Å². The lowest BCUT2D eigenvalue weighted by Gasteiger charge is -2.10. The molecule has 0 saturated carbocycles. The fourth-order valence-corrected chi connectivity index (χ4v) is 2.44. The Hall–Kier alpha value is -2.07. The van der Waals surface area contributed by atoms with Crippen LogP contribution in [0.3, 0.4) is 0 Å². The van der Waals surface area contributed by atoms with Crippen LogP contribution in [0, 0.1) is 6.92 Å². The van der Waals surface area contributed by atoms with Crippen molar-refractivity contribution in [3.8, 4) is 0 Å². The third-order valence-corrected chi connectivity index (χ3v) is 3.43. The van der Waals surface area contributed by atoms with Crippen LogP contribution in [0.5, 0.6) is 0 Å². The van der Waals surface area contributed by atoms with Crippen LogP contribution in [0.2, 0.25) is 0 Å². The van der Waals surface area contributed by atoms with Gasteiger partial charge in [0.25, 0.3) is 0 Å². The van der Waals surface area contributed by atoms with Gasteiger partial charge < -0.3 is 9.52 Å². The van der Waals surface area contributed by atoms with E-state index in [4.69, 9.17) is 4.42 Å². The average Bonchev–Trinajstić information content (AvgIpc) is 3.04. The smallest absolute Gasteiger partial charge is 0.153 e. The number of fused-ring (bicyclic) bond motifs is 1. The maximum atomic E-state index is 10.5. The summed E-state index contributed by atoms with van der Waals surface area (Å²) in [7, 11) is 0. The van der Waals surface area contributed by atoms with Crippen LogP contribution in [0.15, 0.2) is 40.9 Å². The molecule has 0 aliphatic rings. The highest BCUT2D eigenvalue weighted by atomic mass is 16.4. The van der Waals surface area contributed by atoms with Crippen molar-refractivity contribution in [3.05, 3.63) is 53.5 Å². The Morgan fingerprint density at radius 2 is 2.15 bits per heavy atom. The lowest BCUT2D eigenvalue weighted by molar-refractivity contribution is 0.181. The number of aryl methyl sites for hydroxylation is 2. The van der Waals surface area contributed by atoms with E-state index in [1.54, 1.807) is 6.20 Å². The monoisotopic (exact) mass is 270 g/mol. The molecule has 104 valence electrons. The molecule has 0 radical (unpaired) electrons. The molecule has 3 rings (SSSR count). The zero-order chi connectivity index (χ0) is 14.1. The third-order valence-electron chi connectivity index (χ3n) is 3.43. The maximum Gasteiger partial charge on any atom is 0.153 e. The second-order valence-electron chi connectivity index (χ2n) is 5.07. The molecule has 1 N–H and O–H groups in total. The van der Waals surface area contributed by atoms with E-state index < -0.39 is 6.10 Å². The summed E-state index contributed by atoms with van der Waals surface area (Å²) in [6.45, 7) is 4.92. The summed E-state index contributed by atoms with van der Waals surface area (Å²) in [6, 6.07) is 9.72. The van der Waals surface area contributed by atoms with Gasteiger partial charge in [-0.25, -0.2) is 0 Å². The van der Waals surface area contributed by atoms with Gasteiger partial charge in [0, 0.05) is 18.1 Å². The first-order chi connectivity index (χ1) is 9.69. The molecular formula is C16H18N2O2. The summed E-state index contributed by atoms with van der Waals surface area (Å²) >= 11 is 0. The Kier molecular flexibility index (Phi) is 3.32. The van der Waals surface area contributed by atoms with Crippen LogP contribution >= 0.6 is 0 Å². The van der Waals surface area contributed by atoms with E-state index in [0.29, 0.717) is 5.76 Å². The molecule has 0 bridgehead atoms. The van der Waals surface area contributed by atoms with Crippen molar-refractivity contribution in [2.75, 3.05) is 0 Å². The molecular weight excluding hydrogens is 252 g/mol. The number of nitrogens with zero attached hydrogens (tertiary/aromatic N) is 2. The molecule has 0 saturated heterocycles. The van der Waals surface area contributed by atoms with Crippen molar-refractivity contribution in [1.82, 2.24) is 9.78 Å². The van der Waals surface area contributed by atoms with Gasteiger partial charge in [-0.05, 0) is 37.6 Å². The summed E-state index contributed by atoms with van der Waals surface area (Å²) in [6.07, 6.45) is 1.90. The minimum Gasteiger partial charge on any atom is -0.458 e. The average molecular weight is 270 g/mol. The quantitative estimate of drug-likeness (QED) is 0.790. The summed E-state index contributed by atoms with van der Waals surface area (Å²) < 4.78 is 7.57. The summed E-state index contributed by atoms with van der Waals surface area (Å²) in [5.41, 5.74) is 2.74. The van der Waals surface area contributed by atoms with Crippen molar-refractivity contribution in [1.29, 1.82) is 0 Å². The Bertz CT molecular complexity index is 727. The van der Waals surface area contributed by atoms with Crippen molar-refractivity contribution in [2.45, 2.75) is 32.9 Å². The SMILES string of the molecule is CCCn1nccc1C(O)c1cc2cc(C)ccc2o1. The summed E-state index contributed by atoms with van der Waals surface area (Å²) in [5.74, 6) is 0.559. The highest BCUT2D eigenvalue weighted by Crippen LogP contribution is 2.28. The summed E-state index contributed by atoms with van der Waals surface area (Å²) in [5, 5.41) is 15.8. The molecule has 1 atom stereocenters. The number of hydrogen-bond donors (Lipinski definition) is 1. The van der Waals surface area contributed by atoms with Crippen LogP contribution in [0.25, 0.3) is 11.0 Å². The zero-order valence-corrected chi connectivity index (χ0v) is 11.7. The van der Waals surface area contributed by atoms with Crippen molar-refractivity contribution in [3.63, 3.8) is 0 Å². The van der Waals surface area contributed by atoms with Crippen LogP contribution < -0.4 is 0 Å². The van der Waals surface area contributed by atoms with Crippen molar-refractivity contribution in [2.24, 2.45) is 0 Å². The normalized spacial score (nSPS) is 12.9. The molecule has 4 nitrogen and oxygen atoms in total. The van der Waals surface area contributed by atoms with E-state index in [2.05, 4.69) is 18.1 Å². The molecule has 2 heterocycles. The third kappa shape index (κ3) is 2.23. The largest absolute Gasteiger partial charge is 0.458 e. The predicted octanol–water partition coefficient (Wildman–Crippen LogP) is 3.43. The van der Waals surface area contributed by atoms with E-state index in [9.17, 15) is 5.11 Å². The molecule has 0 fully saturated rings. The van der Waals surface area contributed by atoms with Gasteiger partial charge in [-0.3, -0.25) is 4.68 Å². The van der Waals surface area contributed by atoms with Gasteiger partial charge in [0.15, 0.2) is 6.10 Å². The van der Waals surface area contributed by atoms with Gasteiger partial charge in [-0.1, -0.05) is 18.6 Å². The molecule has 4 heteroatoms. The van der Waals surface area contributed by atoms with Gasteiger partial charge in [-0.2, -0.15) is 5.10 Å². The van der Waals surface area contributed by atoms with E-state index in [1.165, 1.54) is 5.56 Å². The molecule has 0 spiro atoms. The molecule has 0 aliphatic heterocycles. The number of aliphatic hydroxyl groups is 1. The number of furan rings is 1. The number of rotatable bonds is 4. The Labute approximate surface area is 117 Å². The van der Waals surface area contributed by atoms with Crippen LogP contribution in [-0.4, -0.2) is 14.9 Å². The number of benzene rings is 1. The fourth-order valence-electron chi connectivity index (χ4n) is 2.44. The first-order valence-electron chi connectivity index (χ1n) is 6.89. The van der Waals surface area contributed by atoms with E-state index in [1.807, 2.05) is 35.9 Å². The lowest BCUT2D eigenvalue weighted by Crippen LogP contribution is -2.09. The molecule has 1 aromatic carbocycles. The number of aliphatic hydroxyl groups excluding tert-OH is 1. The minimum absolute atomic E-state index is 0.559. The molecule has 0 aliphatic carbocycles. The second kappa shape index (κ2) is 5.13. The zero-order valence-electron chi connectivity index (χ0n) is 11.7. The number of hydrogen-bond acceptors (Lipinski definition) is 3. The lowest BCUT2D eigenvalue weighted by atomic mass is 10.1. The maximum absolute atomic E-state index is 10.5. The second-order valence-corrected chi connectivity index (χ2v) is 5.07.